The van der Waals surface area contributed by atoms with Gasteiger partial charge in [-0.15, -0.1) is 0 Å². The molecule has 0 aliphatic rings. The lowest BCUT2D eigenvalue weighted by molar-refractivity contribution is -0.142. The van der Waals surface area contributed by atoms with Crippen LogP contribution in [0, 0.1) is 5.41 Å². The van der Waals surface area contributed by atoms with Crippen LogP contribution in [-0.2, 0) is 16.1 Å². The van der Waals surface area contributed by atoms with Crippen molar-refractivity contribution in [1.82, 2.24) is 4.90 Å². The molecule has 0 fully saturated rings. The minimum Gasteiger partial charge on any atom is -0.481 e. The first-order chi connectivity index (χ1) is 8.80. The van der Waals surface area contributed by atoms with Crippen LogP contribution in [0.4, 0.5) is 0 Å². The fraction of sp³-hybridized carbons (Fsp3) is 0.467. The number of carbonyl (C=O) groups excluding carboxylic acids is 1. The van der Waals surface area contributed by atoms with E-state index in [0.29, 0.717) is 6.54 Å². The highest BCUT2D eigenvalue weighted by molar-refractivity contribution is 5.82. The quantitative estimate of drug-likeness (QED) is 0.888. The van der Waals surface area contributed by atoms with Crippen molar-refractivity contribution in [3.05, 3.63) is 35.9 Å². The average Bonchev–Trinajstić information content (AvgIpc) is 2.33. The Labute approximate surface area is 114 Å². The van der Waals surface area contributed by atoms with Crippen molar-refractivity contribution < 1.29 is 14.7 Å². The maximum absolute atomic E-state index is 12.3. The highest BCUT2D eigenvalue weighted by Gasteiger charge is 2.27. The standard InChI is InChI=1S/C15H21NO3/c1-15(2,3)14(19)16(10-9-13(17)18)11-12-7-5-4-6-8-12/h4-8H,9-11H2,1-3H3,(H,17,18). The van der Waals surface area contributed by atoms with Gasteiger partial charge in [-0.1, -0.05) is 51.1 Å². The summed E-state index contributed by atoms with van der Waals surface area (Å²) in [6, 6.07) is 9.60. The van der Waals surface area contributed by atoms with E-state index in [4.69, 9.17) is 5.11 Å². The Balaban J connectivity index is 2.80. The van der Waals surface area contributed by atoms with E-state index in [-0.39, 0.29) is 18.9 Å². The van der Waals surface area contributed by atoms with Gasteiger partial charge in [0, 0.05) is 18.5 Å². The molecular formula is C15H21NO3. The Morgan fingerprint density at radius 2 is 1.74 bits per heavy atom. The molecule has 0 atom stereocenters. The fourth-order valence-electron chi connectivity index (χ4n) is 1.76. The first-order valence-corrected chi connectivity index (χ1v) is 6.36. The summed E-state index contributed by atoms with van der Waals surface area (Å²) in [5.41, 5.74) is 0.498. The second kappa shape index (κ2) is 6.36. The third-order valence-electron chi connectivity index (χ3n) is 2.74. The van der Waals surface area contributed by atoms with Crippen LogP contribution in [0.2, 0.25) is 0 Å². The van der Waals surface area contributed by atoms with Crippen LogP contribution in [0.15, 0.2) is 30.3 Å². The predicted octanol–water partition coefficient (Wildman–Crippen LogP) is 2.54. The number of hydrogen-bond donors (Lipinski definition) is 1. The van der Waals surface area contributed by atoms with Crippen LogP contribution >= 0.6 is 0 Å². The monoisotopic (exact) mass is 263 g/mol. The topological polar surface area (TPSA) is 57.6 Å². The van der Waals surface area contributed by atoms with E-state index in [9.17, 15) is 9.59 Å². The van der Waals surface area contributed by atoms with Gasteiger partial charge in [-0.2, -0.15) is 0 Å². The molecule has 19 heavy (non-hydrogen) atoms. The van der Waals surface area contributed by atoms with Crippen molar-refractivity contribution in [3.8, 4) is 0 Å². The van der Waals surface area contributed by atoms with Crippen LogP contribution in [-0.4, -0.2) is 28.4 Å². The highest BCUT2D eigenvalue weighted by atomic mass is 16.4. The van der Waals surface area contributed by atoms with E-state index in [0.717, 1.165) is 5.56 Å². The second-order valence-electron chi connectivity index (χ2n) is 5.61. The summed E-state index contributed by atoms with van der Waals surface area (Å²) in [4.78, 5) is 24.6. The zero-order chi connectivity index (χ0) is 14.5. The Kier molecular flexibility index (Phi) is 5.10. The molecule has 0 unspecified atom stereocenters. The SMILES string of the molecule is CC(C)(C)C(=O)N(CCC(=O)O)Cc1ccccc1. The lowest BCUT2D eigenvalue weighted by atomic mass is 9.94. The van der Waals surface area contributed by atoms with Crippen LogP contribution in [0.25, 0.3) is 0 Å². The third-order valence-corrected chi connectivity index (χ3v) is 2.74. The Hall–Kier alpha value is -1.84. The van der Waals surface area contributed by atoms with Crippen molar-refractivity contribution in [2.45, 2.75) is 33.7 Å². The largest absolute Gasteiger partial charge is 0.481 e. The van der Waals surface area contributed by atoms with E-state index in [1.807, 2.05) is 51.1 Å². The minimum atomic E-state index is -0.889. The number of carboxylic acid groups (broad SMARTS) is 1. The summed E-state index contributed by atoms with van der Waals surface area (Å²) in [6.07, 6.45) is -0.0331. The van der Waals surface area contributed by atoms with Crippen molar-refractivity contribution in [2.24, 2.45) is 5.41 Å². The molecule has 0 bridgehead atoms. The zero-order valence-corrected chi connectivity index (χ0v) is 11.7. The van der Waals surface area contributed by atoms with Crippen LogP contribution in [0.3, 0.4) is 0 Å². The summed E-state index contributed by atoms with van der Waals surface area (Å²) < 4.78 is 0. The number of carbonyl (C=O) groups is 2. The maximum Gasteiger partial charge on any atom is 0.305 e. The van der Waals surface area contributed by atoms with Crippen molar-refractivity contribution in [1.29, 1.82) is 0 Å². The van der Waals surface area contributed by atoms with Gasteiger partial charge in [-0.25, -0.2) is 0 Å². The number of amides is 1. The van der Waals surface area contributed by atoms with Gasteiger partial charge in [0.15, 0.2) is 0 Å². The minimum absolute atomic E-state index is 0.0300. The smallest absolute Gasteiger partial charge is 0.305 e. The number of nitrogens with zero attached hydrogens (tertiary/aromatic N) is 1. The van der Waals surface area contributed by atoms with Gasteiger partial charge in [-0.05, 0) is 5.56 Å². The molecule has 0 aliphatic carbocycles. The highest BCUT2D eigenvalue weighted by Crippen LogP contribution is 2.19. The van der Waals surface area contributed by atoms with Crippen molar-refractivity contribution in [3.63, 3.8) is 0 Å². The molecule has 1 rings (SSSR count). The van der Waals surface area contributed by atoms with E-state index < -0.39 is 11.4 Å². The molecule has 4 nitrogen and oxygen atoms in total. The van der Waals surface area contributed by atoms with Crippen molar-refractivity contribution in [2.75, 3.05) is 6.54 Å². The number of aliphatic carboxylic acids is 1. The molecule has 0 aromatic heterocycles. The van der Waals surface area contributed by atoms with Crippen molar-refractivity contribution >= 4 is 11.9 Å². The molecule has 1 N–H and O–H groups in total. The van der Waals surface area contributed by atoms with Crippen LogP contribution in [0.1, 0.15) is 32.8 Å². The zero-order valence-electron chi connectivity index (χ0n) is 11.7. The predicted molar refractivity (Wildman–Crippen MR) is 73.6 cm³/mol. The molecule has 4 heteroatoms. The van der Waals surface area contributed by atoms with E-state index in [2.05, 4.69) is 0 Å². The number of rotatable bonds is 5. The molecule has 0 spiro atoms. The summed E-state index contributed by atoms with van der Waals surface area (Å²) >= 11 is 0. The fourth-order valence-corrected chi connectivity index (χ4v) is 1.76. The molecule has 1 aromatic rings. The van der Waals surface area contributed by atoms with E-state index >= 15 is 0 Å². The second-order valence-corrected chi connectivity index (χ2v) is 5.61. The van der Waals surface area contributed by atoms with Gasteiger partial charge >= 0.3 is 5.97 Å². The molecule has 0 radical (unpaired) electrons. The van der Waals surface area contributed by atoms with E-state index in [1.165, 1.54) is 0 Å². The van der Waals surface area contributed by atoms with Crippen LogP contribution in [0.5, 0.6) is 0 Å². The van der Waals surface area contributed by atoms with Gasteiger partial charge < -0.3 is 10.0 Å². The summed E-state index contributed by atoms with van der Waals surface area (Å²) in [5, 5.41) is 8.78. The van der Waals surface area contributed by atoms with Gasteiger partial charge in [-0.3, -0.25) is 9.59 Å². The Bertz CT molecular complexity index is 434. The molecule has 0 heterocycles. The van der Waals surface area contributed by atoms with Gasteiger partial charge in [0.1, 0.15) is 0 Å². The lowest BCUT2D eigenvalue weighted by Crippen LogP contribution is -2.40. The first-order valence-electron chi connectivity index (χ1n) is 6.36. The first kappa shape index (κ1) is 15.2. The number of carboxylic acids is 1. The molecule has 1 aromatic carbocycles. The molecule has 1 amide bonds. The summed E-state index contributed by atoms with van der Waals surface area (Å²) in [7, 11) is 0. The number of benzene rings is 1. The van der Waals surface area contributed by atoms with Gasteiger partial charge in [0.2, 0.25) is 5.91 Å². The summed E-state index contributed by atoms with van der Waals surface area (Å²) in [6.45, 7) is 6.21. The molecule has 0 aliphatic heterocycles. The average molecular weight is 263 g/mol. The lowest BCUT2D eigenvalue weighted by Gasteiger charge is -2.29. The van der Waals surface area contributed by atoms with Gasteiger partial charge in [0.25, 0.3) is 0 Å². The van der Waals surface area contributed by atoms with Crippen LogP contribution < -0.4 is 0 Å². The molecule has 104 valence electrons. The maximum atomic E-state index is 12.3. The Morgan fingerprint density at radius 1 is 1.16 bits per heavy atom. The molecular weight excluding hydrogens is 242 g/mol. The van der Waals surface area contributed by atoms with Gasteiger partial charge in [0.05, 0.1) is 6.42 Å². The van der Waals surface area contributed by atoms with E-state index in [1.54, 1.807) is 4.90 Å². The number of hydrogen-bond acceptors (Lipinski definition) is 2. The summed E-state index contributed by atoms with van der Waals surface area (Å²) in [5.74, 6) is -0.919. The molecule has 0 saturated carbocycles. The molecule has 0 saturated heterocycles. The normalized spacial score (nSPS) is 11.1. The third kappa shape index (κ3) is 5.12. The Morgan fingerprint density at radius 3 is 2.21 bits per heavy atom.